The molecule has 0 bridgehead atoms. The topological polar surface area (TPSA) is 67.2 Å². The van der Waals surface area contributed by atoms with Crippen molar-refractivity contribution in [1.82, 2.24) is 0 Å². The summed E-state index contributed by atoms with van der Waals surface area (Å²) in [4.78, 5) is 10.1. The zero-order valence-electron chi connectivity index (χ0n) is 11.4. The summed E-state index contributed by atoms with van der Waals surface area (Å²) < 4.78 is 37.4. The molecule has 2 aromatic carbocycles. The monoisotopic (exact) mass is 341 g/mol. The van der Waals surface area contributed by atoms with Crippen molar-refractivity contribution in [2.75, 3.05) is 10.6 Å². The van der Waals surface area contributed by atoms with Crippen molar-refractivity contribution < 1.29 is 18.1 Å². The van der Waals surface area contributed by atoms with E-state index in [4.69, 9.17) is 12.2 Å². The van der Waals surface area contributed by atoms with Crippen LogP contribution in [0.25, 0.3) is 0 Å². The van der Waals surface area contributed by atoms with E-state index in [1.165, 1.54) is 30.3 Å². The van der Waals surface area contributed by atoms with Gasteiger partial charge in [-0.25, -0.2) is 0 Å². The first-order valence-electron chi connectivity index (χ1n) is 6.25. The number of alkyl halides is 3. The molecule has 2 rings (SSSR count). The average molecular weight is 341 g/mol. The van der Waals surface area contributed by atoms with Gasteiger partial charge in [0.25, 0.3) is 5.69 Å². The highest BCUT2D eigenvalue weighted by atomic mass is 32.1. The number of non-ortho nitro benzene ring substituents is 1. The van der Waals surface area contributed by atoms with Crippen molar-refractivity contribution in [3.05, 3.63) is 64.2 Å². The van der Waals surface area contributed by atoms with Crippen molar-refractivity contribution in [3.63, 3.8) is 0 Å². The lowest BCUT2D eigenvalue weighted by atomic mass is 10.2. The van der Waals surface area contributed by atoms with E-state index in [0.29, 0.717) is 11.4 Å². The van der Waals surface area contributed by atoms with Gasteiger partial charge in [0.1, 0.15) is 0 Å². The fourth-order valence-corrected chi connectivity index (χ4v) is 1.97. The van der Waals surface area contributed by atoms with Crippen molar-refractivity contribution in [2.45, 2.75) is 6.18 Å². The second-order valence-electron chi connectivity index (χ2n) is 4.46. The molecule has 5 nitrogen and oxygen atoms in total. The largest absolute Gasteiger partial charge is 0.416 e. The van der Waals surface area contributed by atoms with Gasteiger partial charge in [0.15, 0.2) is 5.11 Å². The average Bonchev–Trinajstić information content (AvgIpc) is 2.47. The van der Waals surface area contributed by atoms with Crippen LogP contribution in [0.15, 0.2) is 48.5 Å². The molecule has 120 valence electrons. The third-order valence-electron chi connectivity index (χ3n) is 2.78. The van der Waals surface area contributed by atoms with E-state index in [-0.39, 0.29) is 10.8 Å². The van der Waals surface area contributed by atoms with Crippen LogP contribution in [0, 0.1) is 10.1 Å². The van der Waals surface area contributed by atoms with Crippen LogP contribution in [-0.4, -0.2) is 10.0 Å². The van der Waals surface area contributed by atoms with Crippen molar-refractivity contribution >= 4 is 34.4 Å². The van der Waals surface area contributed by atoms with Gasteiger partial charge in [-0.05, 0) is 42.5 Å². The van der Waals surface area contributed by atoms with Gasteiger partial charge in [-0.1, -0.05) is 6.07 Å². The summed E-state index contributed by atoms with van der Waals surface area (Å²) in [6.45, 7) is 0. The number of benzene rings is 2. The predicted molar refractivity (Wildman–Crippen MR) is 84.4 cm³/mol. The molecule has 23 heavy (non-hydrogen) atoms. The number of hydrogen-bond acceptors (Lipinski definition) is 3. The Kier molecular flexibility index (Phi) is 4.80. The van der Waals surface area contributed by atoms with Gasteiger partial charge in [-0.2, -0.15) is 13.2 Å². The van der Waals surface area contributed by atoms with Gasteiger partial charge in [0.05, 0.1) is 10.5 Å². The number of nitrogens with one attached hydrogen (secondary N) is 2. The van der Waals surface area contributed by atoms with Gasteiger partial charge < -0.3 is 10.6 Å². The normalized spacial score (nSPS) is 10.9. The minimum Gasteiger partial charge on any atom is -0.332 e. The SMILES string of the molecule is O=[N+]([O-])c1cccc(NC(=S)Nc2ccc(C(F)(F)F)cc2)c1. The minimum atomic E-state index is -4.40. The van der Waals surface area contributed by atoms with Crippen molar-refractivity contribution in [3.8, 4) is 0 Å². The van der Waals surface area contributed by atoms with Gasteiger partial charge in [-0.15, -0.1) is 0 Å². The van der Waals surface area contributed by atoms with Crippen LogP contribution in [0.1, 0.15) is 5.56 Å². The number of halogens is 3. The second kappa shape index (κ2) is 6.61. The van der Waals surface area contributed by atoms with Crippen LogP contribution in [0.5, 0.6) is 0 Å². The zero-order valence-corrected chi connectivity index (χ0v) is 12.2. The maximum atomic E-state index is 12.5. The van der Waals surface area contributed by atoms with Crippen molar-refractivity contribution in [2.24, 2.45) is 0 Å². The molecule has 2 aromatic rings. The first-order chi connectivity index (χ1) is 10.8. The van der Waals surface area contributed by atoms with Crippen LogP contribution in [0.4, 0.5) is 30.2 Å². The maximum absolute atomic E-state index is 12.5. The highest BCUT2D eigenvalue weighted by Gasteiger charge is 2.29. The van der Waals surface area contributed by atoms with E-state index >= 15 is 0 Å². The van der Waals surface area contributed by atoms with E-state index in [1.807, 2.05) is 0 Å². The van der Waals surface area contributed by atoms with Gasteiger partial charge in [0.2, 0.25) is 0 Å². The molecule has 0 aliphatic rings. The summed E-state index contributed by atoms with van der Waals surface area (Å²) in [6.07, 6.45) is -4.40. The summed E-state index contributed by atoms with van der Waals surface area (Å²) >= 11 is 5.02. The van der Waals surface area contributed by atoms with Crippen LogP contribution in [0.2, 0.25) is 0 Å². The number of hydrogen-bond donors (Lipinski definition) is 2. The fraction of sp³-hybridized carbons (Fsp3) is 0.0714. The molecule has 0 unspecified atom stereocenters. The van der Waals surface area contributed by atoms with E-state index in [0.717, 1.165) is 12.1 Å². The predicted octanol–water partition coefficient (Wildman–Crippen LogP) is 4.42. The molecule has 2 N–H and O–H groups in total. The Labute approximate surface area is 134 Å². The molecule has 0 saturated carbocycles. The molecule has 0 saturated heterocycles. The molecule has 0 amide bonds. The lowest BCUT2D eigenvalue weighted by molar-refractivity contribution is -0.384. The second-order valence-corrected chi connectivity index (χ2v) is 4.87. The number of rotatable bonds is 3. The third kappa shape index (κ3) is 4.65. The molecule has 0 aliphatic carbocycles. The third-order valence-corrected chi connectivity index (χ3v) is 2.99. The Balaban J connectivity index is 2.02. The Bertz CT molecular complexity index is 733. The molecule has 0 fully saturated rings. The number of nitro benzene ring substituents is 1. The minimum absolute atomic E-state index is 0.102. The summed E-state index contributed by atoms with van der Waals surface area (Å²) in [7, 11) is 0. The summed E-state index contributed by atoms with van der Waals surface area (Å²) in [5.41, 5.74) is -0.113. The lowest BCUT2D eigenvalue weighted by Crippen LogP contribution is -2.19. The first kappa shape index (κ1) is 16.7. The Morgan fingerprint density at radius 1 is 1.04 bits per heavy atom. The Hall–Kier alpha value is -2.68. The highest BCUT2D eigenvalue weighted by Crippen LogP contribution is 2.29. The zero-order chi connectivity index (χ0) is 17.0. The van der Waals surface area contributed by atoms with E-state index < -0.39 is 16.7 Å². The first-order valence-corrected chi connectivity index (χ1v) is 6.66. The molecule has 0 spiro atoms. The lowest BCUT2D eigenvalue weighted by Gasteiger charge is -2.11. The van der Waals surface area contributed by atoms with Crippen LogP contribution >= 0.6 is 12.2 Å². The molecule has 9 heteroatoms. The van der Waals surface area contributed by atoms with Crippen LogP contribution < -0.4 is 10.6 Å². The number of nitrogens with zero attached hydrogens (tertiary/aromatic N) is 1. The van der Waals surface area contributed by atoms with Crippen molar-refractivity contribution in [1.29, 1.82) is 0 Å². The van der Waals surface area contributed by atoms with E-state index in [9.17, 15) is 23.3 Å². The van der Waals surface area contributed by atoms with E-state index in [1.54, 1.807) is 6.07 Å². The van der Waals surface area contributed by atoms with Gasteiger partial charge in [0, 0.05) is 23.5 Å². The summed E-state index contributed by atoms with van der Waals surface area (Å²) in [6, 6.07) is 10.0. The standard InChI is InChI=1S/C14H10F3N3O2S/c15-14(16,17)9-4-6-10(7-5-9)18-13(23)19-11-2-1-3-12(8-11)20(21)22/h1-8H,(H2,18,19,23). The molecule has 0 heterocycles. The molecular formula is C14H10F3N3O2S. The summed E-state index contributed by atoms with van der Waals surface area (Å²) in [5, 5.41) is 16.2. The van der Waals surface area contributed by atoms with Crippen LogP contribution in [0.3, 0.4) is 0 Å². The number of thiocarbonyl (C=S) groups is 1. The number of anilines is 2. The van der Waals surface area contributed by atoms with Crippen LogP contribution in [-0.2, 0) is 6.18 Å². The number of nitro groups is 1. The molecule has 0 aromatic heterocycles. The molecular weight excluding hydrogens is 331 g/mol. The summed E-state index contributed by atoms with van der Waals surface area (Å²) in [5.74, 6) is 0. The molecule has 0 aliphatic heterocycles. The molecule has 0 atom stereocenters. The van der Waals surface area contributed by atoms with Gasteiger partial charge in [-0.3, -0.25) is 10.1 Å². The van der Waals surface area contributed by atoms with E-state index in [2.05, 4.69) is 10.6 Å². The van der Waals surface area contributed by atoms with Gasteiger partial charge >= 0.3 is 6.18 Å². The molecule has 0 radical (unpaired) electrons. The maximum Gasteiger partial charge on any atom is 0.416 e. The Morgan fingerprint density at radius 3 is 2.22 bits per heavy atom. The quantitative estimate of drug-likeness (QED) is 0.491. The highest BCUT2D eigenvalue weighted by molar-refractivity contribution is 7.80. The fourth-order valence-electron chi connectivity index (χ4n) is 1.73. The smallest absolute Gasteiger partial charge is 0.332 e. The Morgan fingerprint density at radius 2 is 1.65 bits per heavy atom.